The van der Waals surface area contributed by atoms with E-state index < -0.39 is 0 Å². The summed E-state index contributed by atoms with van der Waals surface area (Å²) in [5.74, 6) is 2.53. The Bertz CT molecular complexity index is 405. The van der Waals surface area contributed by atoms with Gasteiger partial charge in [-0.05, 0) is 24.6 Å². The van der Waals surface area contributed by atoms with Crippen LogP contribution in [0.4, 0.5) is 0 Å². The Morgan fingerprint density at radius 1 is 1.41 bits per heavy atom. The van der Waals surface area contributed by atoms with Crippen LogP contribution in [-0.2, 0) is 15.3 Å². The molecule has 0 amide bonds. The van der Waals surface area contributed by atoms with Crippen LogP contribution in [-0.4, -0.2) is 25.1 Å². The molecule has 0 N–H and O–H groups in total. The summed E-state index contributed by atoms with van der Waals surface area (Å²) in [5.41, 5.74) is 1.11. The monoisotopic (exact) mass is 254 g/mol. The molecule has 4 nitrogen and oxygen atoms in total. The number of esters is 1. The van der Waals surface area contributed by atoms with E-state index in [9.17, 15) is 4.79 Å². The van der Waals surface area contributed by atoms with Crippen molar-refractivity contribution < 1.29 is 19.0 Å². The molecule has 0 aromatic heterocycles. The van der Waals surface area contributed by atoms with E-state index >= 15 is 0 Å². The van der Waals surface area contributed by atoms with Gasteiger partial charge in [0.2, 0.25) is 6.79 Å². The topological polar surface area (TPSA) is 44.8 Å². The lowest BCUT2D eigenvalue weighted by Gasteiger charge is -2.03. The van der Waals surface area contributed by atoms with Crippen molar-refractivity contribution in [3.63, 3.8) is 0 Å². The Hall–Kier alpha value is -1.36. The van der Waals surface area contributed by atoms with E-state index in [1.54, 1.807) is 6.92 Å². The van der Waals surface area contributed by atoms with E-state index in [2.05, 4.69) is 0 Å². The van der Waals surface area contributed by atoms with Crippen LogP contribution in [0.3, 0.4) is 0 Å². The highest BCUT2D eigenvalue weighted by atomic mass is 32.2. The number of ether oxygens (including phenoxy) is 3. The highest BCUT2D eigenvalue weighted by Crippen LogP contribution is 2.33. The molecule has 1 aromatic carbocycles. The van der Waals surface area contributed by atoms with Crippen LogP contribution >= 0.6 is 11.8 Å². The Balaban J connectivity index is 1.81. The summed E-state index contributed by atoms with van der Waals surface area (Å²) in [4.78, 5) is 11.1. The van der Waals surface area contributed by atoms with E-state index in [0.29, 0.717) is 12.4 Å². The van der Waals surface area contributed by atoms with Crippen molar-refractivity contribution >= 4 is 17.7 Å². The van der Waals surface area contributed by atoms with E-state index in [1.165, 1.54) is 11.8 Å². The Labute approximate surface area is 104 Å². The predicted octanol–water partition coefficient (Wildman–Crippen LogP) is 2.21. The minimum atomic E-state index is -0.168. The van der Waals surface area contributed by atoms with E-state index in [-0.39, 0.29) is 12.8 Å². The van der Waals surface area contributed by atoms with Crippen molar-refractivity contribution in [2.75, 3.05) is 19.2 Å². The number of carbonyl (C=O) groups excluding carboxylic acids is 1. The summed E-state index contributed by atoms with van der Waals surface area (Å²) in [6, 6.07) is 5.81. The quantitative estimate of drug-likeness (QED) is 0.754. The minimum absolute atomic E-state index is 0.168. The molecule has 92 valence electrons. The fourth-order valence-electron chi connectivity index (χ4n) is 1.49. The molecular formula is C12H14O4S. The molecule has 1 aliphatic heterocycles. The molecule has 0 saturated carbocycles. The Morgan fingerprint density at radius 2 is 2.24 bits per heavy atom. The molecule has 0 atom stereocenters. The van der Waals surface area contributed by atoms with Gasteiger partial charge in [-0.15, -0.1) is 11.8 Å². The summed E-state index contributed by atoms with van der Waals surface area (Å²) >= 11 is 1.53. The third-order valence-electron chi connectivity index (χ3n) is 2.23. The van der Waals surface area contributed by atoms with Gasteiger partial charge < -0.3 is 14.2 Å². The molecule has 0 saturated heterocycles. The van der Waals surface area contributed by atoms with Gasteiger partial charge in [-0.25, -0.2) is 0 Å². The van der Waals surface area contributed by atoms with Crippen molar-refractivity contribution in [2.45, 2.75) is 12.7 Å². The van der Waals surface area contributed by atoms with Crippen molar-refractivity contribution in [1.82, 2.24) is 0 Å². The Morgan fingerprint density at radius 3 is 3.06 bits per heavy atom. The van der Waals surface area contributed by atoms with Crippen molar-refractivity contribution in [2.24, 2.45) is 0 Å². The SMILES string of the molecule is CCOC(=O)CSCc1ccc2c(c1)OCO2. The number of hydrogen-bond donors (Lipinski definition) is 0. The van der Waals surface area contributed by atoms with Gasteiger partial charge in [0, 0.05) is 5.75 Å². The average Bonchev–Trinajstić information content (AvgIpc) is 2.76. The second-order valence-electron chi connectivity index (χ2n) is 3.49. The molecule has 1 aliphatic rings. The summed E-state index contributed by atoms with van der Waals surface area (Å²) in [5, 5.41) is 0. The molecule has 5 heteroatoms. The van der Waals surface area contributed by atoms with Gasteiger partial charge in [0.1, 0.15) is 0 Å². The lowest BCUT2D eigenvalue weighted by atomic mass is 10.2. The molecule has 0 unspecified atom stereocenters. The molecule has 1 aromatic rings. The van der Waals surface area contributed by atoms with Gasteiger partial charge in [-0.3, -0.25) is 4.79 Å². The van der Waals surface area contributed by atoms with E-state index in [1.807, 2.05) is 18.2 Å². The molecule has 0 aliphatic carbocycles. The number of hydrogen-bond acceptors (Lipinski definition) is 5. The molecule has 1 heterocycles. The molecule has 0 fully saturated rings. The number of carbonyl (C=O) groups is 1. The van der Waals surface area contributed by atoms with E-state index in [0.717, 1.165) is 22.8 Å². The predicted molar refractivity (Wildman–Crippen MR) is 65.4 cm³/mol. The van der Waals surface area contributed by atoms with Crippen LogP contribution in [0.2, 0.25) is 0 Å². The largest absolute Gasteiger partial charge is 0.465 e. The van der Waals surface area contributed by atoms with Crippen LogP contribution in [0.1, 0.15) is 12.5 Å². The van der Waals surface area contributed by atoms with Gasteiger partial charge in [-0.1, -0.05) is 6.07 Å². The second-order valence-corrected chi connectivity index (χ2v) is 4.47. The van der Waals surface area contributed by atoms with Gasteiger partial charge in [0.15, 0.2) is 11.5 Å². The third kappa shape index (κ3) is 3.30. The lowest BCUT2D eigenvalue weighted by molar-refractivity contribution is -0.139. The fraction of sp³-hybridized carbons (Fsp3) is 0.417. The van der Waals surface area contributed by atoms with Gasteiger partial charge in [-0.2, -0.15) is 0 Å². The number of thioether (sulfide) groups is 1. The highest BCUT2D eigenvalue weighted by molar-refractivity contribution is 7.99. The maximum Gasteiger partial charge on any atom is 0.315 e. The van der Waals surface area contributed by atoms with Gasteiger partial charge >= 0.3 is 5.97 Å². The number of rotatable bonds is 5. The van der Waals surface area contributed by atoms with Crippen molar-refractivity contribution in [1.29, 1.82) is 0 Å². The third-order valence-corrected chi connectivity index (χ3v) is 3.21. The molecule has 2 rings (SSSR count). The number of fused-ring (bicyclic) bond motifs is 1. The minimum Gasteiger partial charge on any atom is -0.465 e. The molecular weight excluding hydrogens is 240 g/mol. The van der Waals surface area contributed by atoms with Gasteiger partial charge in [0.25, 0.3) is 0 Å². The zero-order chi connectivity index (χ0) is 12.1. The molecule has 0 radical (unpaired) electrons. The smallest absolute Gasteiger partial charge is 0.315 e. The standard InChI is InChI=1S/C12H14O4S/c1-2-14-12(13)7-17-6-9-3-4-10-11(5-9)16-8-15-10/h3-5H,2,6-8H2,1H3. The number of benzene rings is 1. The first-order valence-electron chi connectivity index (χ1n) is 5.41. The second kappa shape index (κ2) is 5.82. The maximum atomic E-state index is 11.1. The Kier molecular flexibility index (Phi) is 4.14. The summed E-state index contributed by atoms with van der Waals surface area (Å²) in [6.45, 7) is 2.53. The molecule has 17 heavy (non-hydrogen) atoms. The average molecular weight is 254 g/mol. The fourth-order valence-corrected chi connectivity index (χ4v) is 2.25. The van der Waals surface area contributed by atoms with Crippen LogP contribution in [0, 0.1) is 0 Å². The highest BCUT2D eigenvalue weighted by Gasteiger charge is 2.13. The van der Waals surface area contributed by atoms with Crippen LogP contribution in [0.15, 0.2) is 18.2 Å². The first-order chi connectivity index (χ1) is 8.29. The summed E-state index contributed by atoms with van der Waals surface area (Å²) in [7, 11) is 0. The first kappa shape index (κ1) is 12.1. The van der Waals surface area contributed by atoms with E-state index in [4.69, 9.17) is 14.2 Å². The van der Waals surface area contributed by atoms with Crippen LogP contribution < -0.4 is 9.47 Å². The van der Waals surface area contributed by atoms with Crippen molar-refractivity contribution in [3.05, 3.63) is 23.8 Å². The first-order valence-corrected chi connectivity index (χ1v) is 6.57. The normalized spacial score (nSPS) is 12.5. The van der Waals surface area contributed by atoms with Crippen LogP contribution in [0.5, 0.6) is 11.5 Å². The molecule has 0 bridgehead atoms. The zero-order valence-corrected chi connectivity index (χ0v) is 10.4. The zero-order valence-electron chi connectivity index (χ0n) is 9.60. The maximum absolute atomic E-state index is 11.1. The molecule has 0 spiro atoms. The summed E-state index contributed by atoms with van der Waals surface area (Å²) < 4.78 is 15.4. The summed E-state index contributed by atoms with van der Waals surface area (Å²) in [6.07, 6.45) is 0. The van der Waals surface area contributed by atoms with Crippen molar-refractivity contribution in [3.8, 4) is 11.5 Å². The lowest BCUT2D eigenvalue weighted by Crippen LogP contribution is -2.06. The van der Waals surface area contributed by atoms with Gasteiger partial charge in [0.05, 0.1) is 12.4 Å². The van der Waals surface area contributed by atoms with Crippen LogP contribution in [0.25, 0.3) is 0 Å².